The van der Waals surface area contributed by atoms with Crippen LogP contribution in [0.2, 0.25) is 0 Å². The second-order valence-corrected chi connectivity index (χ2v) is 7.08. The average Bonchev–Trinajstić information content (AvgIpc) is 3.40. The summed E-state index contributed by atoms with van der Waals surface area (Å²) in [5, 5.41) is 10.0. The van der Waals surface area contributed by atoms with E-state index in [1.165, 1.54) is 28.3 Å². The molecule has 1 aliphatic heterocycles. The van der Waals surface area contributed by atoms with Crippen LogP contribution in [0.15, 0.2) is 60.8 Å². The van der Waals surface area contributed by atoms with E-state index in [9.17, 15) is 14.0 Å². The molecule has 0 aliphatic carbocycles. The van der Waals surface area contributed by atoms with Crippen LogP contribution in [-0.4, -0.2) is 44.8 Å². The summed E-state index contributed by atoms with van der Waals surface area (Å²) in [6.07, 6.45) is 2.24. The molecule has 1 N–H and O–H groups in total. The quantitative estimate of drug-likeness (QED) is 0.722. The van der Waals surface area contributed by atoms with E-state index in [2.05, 4.69) is 10.4 Å². The number of nitrogens with zero attached hydrogens (tertiary/aromatic N) is 4. The van der Waals surface area contributed by atoms with Crippen molar-refractivity contribution >= 4 is 11.9 Å². The smallest absolute Gasteiger partial charge is 0.332 e. The van der Waals surface area contributed by atoms with Gasteiger partial charge in [-0.2, -0.15) is 5.10 Å². The normalized spacial score (nSPS) is 13.5. The van der Waals surface area contributed by atoms with Gasteiger partial charge in [-0.3, -0.25) is 4.79 Å². The maximum atomic E-state index is 13.1. The third-order valence-electron chi connectivity index (χ3n) is 5.10. The number of nitrogens with one attached hydrogen (secondary N) is 1. The first-order valence-electron chi connectivity index (χ1n) is 9.76. The van der Waals surface area contributed by atoms with E-state index in [1.54, 1.807) is 16.8 Å². The fraction of sp³-hybridized carbons (Fsp3) is 0.227. The molecule has 4 rings (SSSR count). The first-order chi connectivity index (χ1) is 14.5. The van der Waals surface area contributed by atoms with Crippen LogP contribution in [0.3, 0.4) is 0 Å². The van der Waals surface area contributed by atoms with Gasteiger partial charge in [0.25, 0.3) is 5.91 Å². The van der Waals surface area contributed by atoms with Gasteiger partial charge in [0.15, 0.2) is 0 Å². The van der Waals surface area contributed by atoms with Gasteiger partial charge in [-0.05, 0) is 43.2 Å². The molecule has 3 aromatic rings. The van der Waals surface area contributed by atoms with Crippen LogP contribution in [-0.2, 0) is 6.54 Å². The summed E-state index contributed by atoms with van der Waals surface area (Å²) in [4.78, 5) is 25.8. The van der Waals surface area contributed by atoms with Gasteiger partial charge in [0, 0.05) is 19.6 Å². The first-order valence-corrected chi connectivity index (χ1v) is 9.76. The third-order valence-corrected chi connectivity index (χ3v) is 5.10. The van der Waals surface area contributed by atoms with Crippen molar-refractivity contribution in [1.82, 2.24) is 25.1 Å². The number of carbonyl (C=O) groups excluding carboxylic acids is 2. The van der Waals surface area contributed by atoms with Gasteiger partial charge in [0.1, 0.15) is 5.82 Å². The van der Waals surface area contributed by atoms with E-state index in [0.29, 0.717) is 30.8 Å². The van der Waals surface area contributed by atoms with Crippen molar-refractivity contribution in [1.29, 1.82) is 0 Å². The Balaban J connectivity index is 1.46. The van der Waals surface area contributed by atoms with Gasteiger partial charge >= 0.3 is 6.03 Å². The molecule has 1 aromatic heterocycles. The zero-order chi connectivity index (χ0) is 21.1. The minimum absolute atomic E-state index is 0.253. The number of benzene rings is 2. The van der Waals surface area contributed by atoms with Crippen molar-refractivity contribution in [3.8, 4) is 5.69 Å². The van der Waals surface area contributed by atoms with Crippen LogP contribution in [0, 0.1) is 12.7 Å². The second-order valence-electron chi connectivity index (χ2n) is 7.08. The summed E-state index contributed by atoms with van der Waals surface area (Å²) in [6, 6.07) is 15.1. The lowest BCUT2D eigenvalue weighted by Crippen LogP contribution is -2.49. The molecule has 7 nitrogen and oxygen atoms in total. The highest BCUT2D eigenvalue weighted by molar-refractivity contribution is 5.96. The Kier molecular flexibility index (Phi) is 5.47. The minimum Gasteiger partial charge on any atom is -0.332 e. The number of hydrazine groups is 1. The number of hydrogen-bond acceptors (Lipinski definition) is 3. The van der Waals surface area contributed by atoms with Crippen LogP contribution in [0.25, 0.3) is 5.69 Å². The number of hydrogen-bond donors (Lipinski definition) is 1. The van der Waals surface area contributed by atoms with Crippen LogP contribution in [0.5, 0.6) is 0 Å². The molecule has 2 aromatic carbocycles. The van der Waals surface area contributed by atoms with Crippen LogP contribution in [0.1, 0.15) is 28.0 Å². The SMILES string of the molecule is Cc1c(C(=O)N2CCCN2C(=O)NCc2ccc(F)cc2)cnn1-c1ccccc1. The molecule has 2 heterocycles. The van der Waals surface area contributed by atoms with Crippen molar-refractivity contribution in [3.63, 3.8) is 0 Å². The Bertz CT molecular complexity index is 1050. The first kappa shape index (κ1) is 19.6. The zero-order valence-electron chi connectivity index (χ0n) is 16.6. The van der Waals surface area contributed by atoms with E-state index in [1.807, 2.05) is 37.3 Å². The molecule has 30 heavy (non-hydrogen) atoms. The Hall–Kier alpha value is -3.68. The summed E-state index contributed by atoms with van der Waals surface area (Å²) >= 11 is 0. The number of urea groups is 1. The predicted octanol–water partition coefficient (Wildman–Crippen LogP) is 3.29. The zero-order valence-corrected chi connectivity index (χ0v) is 16.6. The molecule has 0 radical (unpaired) electrons. The molecule has 1 fully saturated rings. The van der Waals surface area contributed by atoms with Gasteiger partial charge in [-0.15, -0.1) is 0 Å². The van der Waals surface area contributed by atoms with Crippen molar-refractivity contribution in [3.05, 3.63) is 83.4 Å². The largest absolute Gasteiger partial charge is 0.336 e. The lowest BCUT2D eigenvalue weighted by Gasteiger charge is -2.28. The molecule has 0 unspecified atom stereocenters. The molecule has 0 saturated carbocycles. The van der Waals surface area contributed by atoms with Crippen molar-refractivity contribution in [2.45, 2.75) is 19.9 Å². The molecular weight excluding hydrogens is 385 g/mol. The summed E-state index contributed by atoms with van der Waals surface area (Å²) in [5.41, 5.74) is 2.81. The lowest BCUT2D eigenvalue weighted by atomic mass is 10.2. The average molecular weight is 407 g/mol. The third kappa shape index (κ3) is 3.89. The fourth-order valence-electron chi connectivity index (χ4n) is 3.49. The van der Waals surface area contributed by atoms with Crippen LogP contribution < -0.4 is 5.32 Å². The summed E-state index contributed by atoms with van der Waals surface area (Å²) in [6.45, 7) is 3.00. The number of rotatable bonds is 4. The van der Waals surface area contributed by atoms with E-state index in [0.717, 1.165) is 11.3 Å². The lowest BCUT2D eigenvalue weighted by molar-refractivity contribution is 0.0375. The highest BCUT2D eigenvalue weighted by Gasteiger charge is 2.33. The standard InChI is InChI=1S/C22H22FN5O2/c1-16-20(15-25-28(16)19-6-3-2-4-7-19)21(29)26-12-5-13-27(26)22(30)24-14-17-8-10-18(23)11-9-17/h2-4,6-11,15H,5,12-14H2,1H3,(H,24,30). The van der Waals surface area contributed by atoms with E-state index >= 15 is 0 Å². The molecule has 1 saturated heterocycles. The molecule has 154 valence electrons. The van der Waals surface area contributed by atoms with Gasteiger partial charge in [0.05, 0.1) is 23.1 Å². The molecule has 1 aliphatic rings. The van der Waals surface area contributed by atoms with Gasteiger partial charge < -0.3 is 5.32 Å². The predicted molar refractivity (Wildman–Crippen MR) is 109 cm³/mol. The maximum Gasteiger partial charge on any atom is 0.336 e. The second kappa shape index (κ2) is 8.36. The topological polar surface area (TPSA) is 70.5 Å². The fourth-order valence-corrected chi connectivity index (χ4v) is 3.49. The van der Waals surface area contributed by atoms with E-state index in [4.69, 9.17) is 0 Å². The van der Waals surface area contributed by atoms with Crippen molar-refractivity contribution in [2.24, 2.45) is 0 Å². The number of carbonyl (C=O) groups is 2. The summed E-state index contributed by atoms with van der Waals surface area (Å²) in [7, 11) is 0. The molecule has 0 bridgehead atoms. The highest BCUT2D eigenvalue weighted by atomic mass is 19.1. The Morgan fingerprint density at radius 2 is 1.73 bits per heavy atom. The number of amides is 3. The molecule has 3 amide bonds. The highest BCUT2D eigenvalue weighted by Crippen LogP contribution is 2.20. The van der Waals surface area contributed by atoms with E-state index < -0.39 is 0 Å². The Morgan fingerprint density at radius 1 is 1.03 bits per heavy atom. The van der Waals surface area contributed by atoms with Crippen molar-refractivity contribution in [2.75, 3.05) is 13.1 Å². The molecule has 0 spiro atoms. The molecular formula is C22H22FN5O2. The van der Waals surface area contributed by atoms with Crippen LogP contribution >= 0.6 is 0 Å². The minimum atomic E-state index is -0.363. The Morgan fingerprint density at radius 3 is 2.47 bits per heavy atom. The van der Waals surface area contributed by atoms with Crippen LogP contribution in [0.4, 0.5) is 9.18 Å². The number of para-hydroxylation sites is 1. The maximum absolute atomic E-state index is 13.1. The van der Waals surface area contributed by atoms with E-state index in [-0.39, 0.29) is 24.3 Å². The van der Waals surface area contributed by atoms with Gasteiger partial charge in [-0.1, -0.05) is 30.3 Å². The van der Waals surface area contributed by atoms with Crippen molar-refractivity contribution < 1.29 is 14.0 Å². The molecule has 8 heteroatoms. The molecule has 0 atom stereocenters. The number of halogens is 1. The Labute approximate surface area is 173 Å². The number of aromatic nitrogens is 2. The summed E-state index contributed by atoms with van der Waals surface area (Å²) < 4.78 is 14.7. The van der Waals surface area contributed by atoms with Gasteiger partial charge in [-0.25, -0.2) is 23.9 Å². The van der Waals surface area contributed by atoms with Gasteiger partial charge in [0.2, 0.25) is 0 Å². The summed E-state index contributed by atoms with van der Waals surface area (Å²) in [5.74, 6) is -0.586. The monoisotopic (exact) mass is 407 g/mol.